The van der Waals surface area contributed by atoms with Crippen molar-refractivity contribution in [1.82, 2.24) is 10.3 Å². The Morgan fingerprint density at radius 1 is 0.838 bits per heavy atom. The number of hydrogen-bond acceptors (Lipinski definition) is 5. The molecule has 0 fully saturated rings. The summed E-state index contributed by atoms with van der Waals surface area (Å²) in [5.41, 5.74) is 2.83. The van der Waals surface area contributed by atoms with Gasteiger partial charge in [-0.1, -0.05) is 80.6 Å². The zero-order valence-electron chi connectivity index (χ0n) is 22.1. The molecule has 1 heterocycles. The highest BCUT2D eigenvalue weighted by Crippen LogP contribution is 2.32. The van der Waals surface area contributed by atoms with E-state index in [0.29, 0.717) is 6.42 Å². The zero-order chi connectivity index (χ0) is 26.6. The number of carbonyl (C=O) groups is 2. The van der Waals surface area contributed by atoms with E-state index in [4.69, 9.17) is 9.72 Å². The van der Waals surface area contributed by atoms with E-state index in [1.54, 1.807) is 0 Å². The molecule has 0 saturated carbocycles. The van der Waals surface area contributed by atoms with Crippen molar-refractivity contribution in [2.75, 3.05) is 5.32 Å². The maximum Gasteiger partial charge on any atom is 0.329 e. The molecule has 0 saturated heterocycles. The molecular formula is C31H35N3O3. The van der Waals surface area contributed by atoms with Crippen LogP contribution in [0, 0.1) is 5.92 Å². The average Bonchev–Trinajstić information content (AvgIpc) is 2.85. The lowest BCUT2D eigenvalue weighted by molar-refractivity contribution is -0.158. The summed E-state index contributed by atoms with van der Waals surface area (Å²) in [6, 6.07) is 24.0. The molecule has 1 aromatic heterocycles. The lowest BCUT2D eigenvalue weighted by Crippen LogP contribution is -2.51. The molecule has 0 bridgehead atoms. The second-order valence-corrected chi connectivity index (χ2v) is 10.7. The van der Waals surface area contributed by atoms with Crippen LogP contribution in [-0.4, -0.2) is 34.5 Å². The monoisotopic (exact) mass is 497 g/mol. The summed E-state index contributed by atoms with van der Waals surface area (Å²) in [5, 5.41) is 8.39. The van der Waals surface area contributed by atoms with Crippen molar-refractivity contribution in [1.29, 1.82) is 0 Å². The largest absolute Gasteiger partial charge is 0.458 e. The maximum atomic E-state index is 13.7. The van der Waals surface area contributed by atoms with E-state index in [9.17, 15) is 9.59 Å². The number of hydrogen-bond donors (Lipinski definition) is 2. The molecular weight excluding hydrogens is 462 g/mol. The van der Waals surface area contributed by atoms with Crippen LogP contribution in [0.4, 0.5) is 5.69 Å². The van der Waals surface area contributed by atoms with Gasteiger partial charge in [0.15, 0.2) is 0 Å². The molecule has 4 aromatic rings. The first-order valence-corrected chi connectivity index (χ1v) is 12.7. The Bertz CT molecular complexity index is 1340. The summed E-state index contributed by atoms with van der Waals surface area (Å²) in [5.74, 6) is -0.763. The number of para-hydroxylation sites is 2. The Kier molecular flexibility index (Phi) is 7.77. The molecule has 2 unspecified atom stereocenters. The Morgan fingerprint density at radius 2 is 1.38 bits per heavy atom. The molecule has 4 rings (SSSR count). The van der Waals surface area contributed by atoms with E-state index >= 15 is 0 Å². The van der Waals surface area contributed by atoms with E-state index in [2.05, 4.69) is 10.6 Å². The number of carbonyl (C=O) groups excluding carboxylic acids is 2. The van der Waals surface area contributed by atoms with Crippen molar-refractivity contribution in [2.45, 2.75) is 58.7 Å². The first-order chi connectivity index (χ1) is 17.6. The highest BCUT2D eigenvalue weighted by molar-refractivity contribution is 6.08. The van der Waals surface area contributed by atoms with Crippen LogP contribution in [0.25, 0.3) is 21.8 Å². The van der Waals surface area contributed by atoms with Crippen LogP contribution < -0.4 is 10.6 Å². The summed E-state index contributed by atoms with van der Waals surface area (Å²) in [6.45, 7) is 9.45. The SMILES string of the molecule is CC(C)C(Nc1c2ccccc2nc2ccccc12)C(=O)NC(Cc1ccccc1)C(=O)OC(C)(C)C. The molecule has 1 amide bonds. The average molecular weight is 498 g/mol. The molecule has 2 N–H and O–H groups in total. The first kappa shape index (κ1) is 26.1. The maximum absolute atomic E-state index is 13.7. The van der Waals surface area contributed by atoms with Crippen LogP contribution in [0.3, 0.4) is 0 Å². The summed E-state index contributed by atoms with van der Waals surface area (Å²) in [6.07, 6.45) is 0.341. The standard InChI is InChI=1S/C31H35N3O3/c1-20(2)27(34-28-22-15-9-11-17-24(22)32-25-18-12-10-16-23(25)28)29(35)33-26(30(36)37-31(3,4)5)19-21-13-7-6-8-14-21/h6-18,20,26-27H,19H2,1-5H3,(H,32,34)(H,33,35). The van der Waals surface area contributed by atoms with E-state index in [-0.39, 0.29) is 11.8 Å². The second-order valence-electron chi connectivity index (χ2n) is 10.7. The normalized spacial score (nSPS) is 13.4. The number of rotatable bonds is 8. The molecule has 37 heavy (non-hydrogen) atoms. The highest BCUT2D eigenvalue weighted by Gasteiger charge is 2.31. The van der Waals surface area contributed by atoms with Gasteiger partial charge in [0.1, 0.15) is 17.7 Å². The minimum absolute atomic E-state index is 0.0540. The summed E-state index contributed by atoms with van der Waals surface area (Å²) in [7, 11) is 0. The number of amides is 1. The van der Waals surface area contributed by atoms with Crippen molar-refractivity contribution in [3.63, 3.8) is 0 Å². The number of benzene rings is 3. The van der Waals surface area contributed by atoms with Crippen LogP contribution in [0.5, 0.6) is 0 Å². The predicted octanol–water partition coefficient (Wildman–Crippen LogP) is 5.89. The molecule has 192 valence electrons. The summed E-state index contributed by atoms with van der Waals surface area (Å²) < 4.78 is 5.66. The molecule has 0 aliphatic heterocycles. The van der Waals surface area contributed by atoms with Gasteiger partial charge in [0.2, 0.25) is 5.91 Å². The van der Waals surface area contributed by atoms with Crippen LogP contribution in [0.2, 0.25) is 0 Å². The Balaban J connectivity index is 1.66. The van der Waals surface area contributed by atoms with Gasteiger partial charge in [-0.25, -0.2) is 9.78 Å². The third kappa shape index (κ3) is 6.45. The molecule has 6 nitrogen and oxygen atoms in total. The summed E-state index contributed by atoms with van der Waals surface area (Å²) >= 11 is 0. The number of nitrogens with zero attached hydrogens (tertiary/aromatic N) is 1. The predicted molar refractivity (Wildman–Crippen MR) is 149 cm³/mol. The van der Waals surface area contributed by atoms with Gasteiger partial charge in [-0.2, -0.15) is 0 Å². The minimum atomic E-state index is -0.817. The van der Waals surface area contributed by atoms with Crippen LogP contribution in [0.1, 0.15) is 40.2 Å². The number of nitrogens with one attached hydrogen (secondary N) is 2. The second kappa shape index (κ2) is 11.0. The number of aromatic nitrogens is 1. The van der Waals surface area contributed by atoms with E-state index in [1.165, 1.54) is 0 Å². The third-order valence-corrected chi connectivity index (χ3v) is 6.13. The van der Waals surface area contributed by atoms with Crippen molar-refractivity contribution in [3.05, 3.63) is 84.4 Å². The number of ether oxygens (including phenoxy) is 1. The molecule has 3 aromatic carbocycles. The molecule has 2 atom stereocenters. The molecule has 0 aliphatic carbocycles. The molecule has 0 spiro atoms. The van der Waals surface area contributed by atoms with Gasteiger partial charge in [-0.05, 0) is 44.4 Å². The molecule has 0 aliphatic rings. The highest BCUT2D eigenvalue weighted by atomic mass is 16.6. The van der Waals surface area contributed by atoms with Gasteiger partial charge in [0.05, 0.1) is 16.7 Å². The molecule has 0 radical (unpaired) electrons. The van der Waals surface area contributed by atoms with Gasteiger partial charge >= 0.3 is 5.97 Å². The number of fused-ring (bicyclic) bond motifs is 2. The van der Waals surface area contributed by atoms with Gasteiger partial charge < -0.3 is 15.4 Å². The Labute approximate surface area is 218 Å². The number of anilines is 1. The smallest absolute Gasteiger partial charge is 0.329 e. The van der Waals surface area contributed by atoms with E-state index < -0.39 is 23.7 Å². The Morgan fingerprint density at radius 3 is 1.92 bits per heavy atom. The first-order valence-electron chi connectivity index (χ1n) is 12.7. The number of pyridine rings is 1. The quantitative estimate of drug-likeness (QED) is 0.234. The number of esters is 1. The summed E-state index contributed by atoms with van der Waals surface area (Å²) in [4.78, 5) is 31.7. The van der Waals surface area contributed by atoms with Crippen molar-refractivity contribution in [2.24, 2.45) is 5.92 Å². The van der Waals surface area contributed by atoms with Gasteiger partial charge in [0.25, 0.3) is 0 Å². The fraction of sp³-hybridized carbons (Fsp3) is 0.323. The van der Waals surface area contributed by atoms with Gasteiger partial charge in [-0.3, -0.25) is 4.79 Å². The van der Waals surface area contributed by atoms with Crippen LogP contribution >= 0.6 is 0 Å². The van der Waals surface area contributed by atoms with Crippen LogP contribution in [0.15, 0.2) is 78.9 Å². The fourth-order valence-corrected chi connectivity index (χ4v) is 4.36. The van der Waals surface area contributed by atoms with Crippen molar-refractivity contribution < 1.29 is 14.3 Å². The lowest BCUT2D eigenvalue weighted by atomic mass is 9.99. The van der Waals surface area contributed by atoms with E-state index in [0.717, 1.165) is 33.1 Å². The third-order valence-electron chi connectivity index (χ3n) is 6.13. The van der Waals surface area contributed by atoms with Crippen molar-refractivity contribution >= 4 is 39.4 Å². The Hall–Kier alpha value is -3.93. The topological polar surface area (TPSA) is 80.3 Å². The van der Waals surface area contributed by atoms with Crippen LogP contribution in [-0.2, 0) is 20.7 Å². The minimum Gasteiger partial charge on any atom is -0.458 e. The van der Waals surface area contributed by atoms with Crippen molar-refractivity contribution in [3.8, 4) is 0 Å². The lowest BCUT2D eigenvalue weighted by Gasteiger charge is -2.28. The van der Waals surface area contributed by atoms with E-state index in [1.807, 2.05) is 113 Å². The fourth-order valence-electron chi connectivity index (χ4n) is 4.36. The van der Waals surface area contributed by atoms with Gasteiger partial charge in [0, 0.05) is 17.2 Å². The zero-order valence-corrected chi connectivity index (χ0v) is 22.1. The molecule has 6 heteroatoms. The van der Waals surface area contributed by atoms with Gasteiger partial charge in [-0.15, -0.1) is 0 Å².